The van der Waals surface area contributed by atoms with Crippen molar-refractivity contribution in [3.05, 3.63) is 46.4 Å². The summed E-state index contributed by atoms with van der Waals surface area (Å²) in [6, 6.07) is 5.54. The van der Waals surface area contributed by atoms with Crippen LogP contribution in [0, 0.1) is 11.6 Å². The van der Waals surface area contributed by atoms with E-state index < -0.39 is 11.6 Å². The predicted molar refractivity (Wildman–Crippen MR) is 121 cm³/mol. The number of piperidine rings is 1. The monoisotopic (exact) mass is 444 g/mol. The lowest BCUT2D eigenvalue weighted by Crippen LogP contribution is -2.41. The number of fused-ring (bicyclic) bond motifs is 2. The molecule has 1 saturated heterocycles. The van der Waals surface area contributed by atoms with Crippen LogP contribution >= 0.6 is 22.7 Å². The van der Waals surface area contributed by atoms with Gasteiger partial charge in [-0.3, -0.25) is 0 Å². The highest BCUT2D eigenvalue weighted by atomic mass is 32.1. The van der Waals surface area contributed by atoms with Gasteiger partial charge in [0.1, 0.15) is 10.6 Å². The number of thiophene rings is 1. The lowest BCUT2D eigenvalue weighted by atomic mass is 9.89. The van der Waals surface area contributed by atoms with Crippen LogP contribution in [0.2, 0.25) is 0 Å². The van der Waals surface area contributed by atoms with Gasteiger partial charge in [-0.2, -0.15) is 0 Å². The van der Waals surface area contributed by atoms with Gasteiger partial charge in [-0.25, -0.2) is 18.7 Å². The van der Waals surface area contributed by atoms with Gasteiger partial charge >= 0.3 is 0 Å². The number of hydrogen-bond donors (Lipinski definition) is 1. The Morgan fingerprint density at radius 2 is 2.07 bits per heavy atom. The molecule has 0 spiro atoms. The highest BCUT2D eigenvalue weighted by Gasteiger charge is 2.30. The van der Waals surface area contributed by atoms with Crippen molar-refractivity contribution in [1.82, 2.24) is 14.9 Å². The van der Waals surface area contributed by atoms with E-state index in [1.165, 1.54) is 28.5 Å². The van der Waals surface area contributed by atoms with Crippen LogP contribution in [-0.2, 0) is 0 Å². The van der Waals surface area contributed by atoms with Crippen LogP contribution in [0.15, 0.2) is 29.9 Å². The van der Waals surface area contributed by atoms with Crippen LogP contribution in [0.4, 0.5) is 20.2 Å². The summed E-state index contributed by atoms with van der Waals surface area (Å²) in [7, 11) is 0. The van der Waals surface area contributed by atoms with E-state index in [4.69, 9.17) is 0 Å². The maximum atomic E-state index is 14.8. The van der Waals surface area contributed by atoms with Crippen LogP contribution in [0.3, 0.4) is 0 Å². The third-order valence-corrected chi connectivity index (χ3v) is 8.07. The fourth-order valence-corrected chi connectivity index (χ4v) is 6.37. The molecule has 4 heterocycles. The largest absolute Gasteiger partial charge is 0.350 e. The Morgan fingerprint density at radius 1 is 1.20 bits per heavy atom. The number of pyridine rings is 1. The molecule has 0 saturated carbocycles. The Labute approximate surface area is 181 Å². The van der Waals surface area contributed by atoms with Crippen molar-refractivity contribution in [1.29, 1.82) is 0 Å². The molecule has 0 radical (unpaired) electrons. The minimum Gasteiger partial charge on any atom is -0.350 e. The maximum absolute atomic E-state index is 14.8. The summed E-state index contributed by atoms with van der Waals surface area (Å²) in [5.74, 6) is -0.514. The number of hydrogen-bond acceptors (Lipinski definition) is 6. The van der Waals surface area contributed by atoms with Crippen molar-refractivity contribution in [3.63, 3.8) is 0 Å². The standard InChI is InChI=1S/C22H22F2N4S2/c1-3-28-6-4-5-13(12(28)2)19-7-14-21(16(24)10-25-22(14)30-19)27-17-9-18-20(8-15(17)23)29-11-26-18/h7-13H,3-6H2,1-2H3,(H,25,27)/t12-,13-/m0/s1. The first-order chi connectivity index (χ1) is 14.5. The van der Waals surface area contributed by atoms with Gasteiger partial charge in [0.25, 0.3) is 0 Å². The van der Waals surface area contributed by atoms with Crippen molar-refractivity contribution in [2.24, 2.45) is 0 Å². The highest BCUT2D eigenvalue weighted by molar-refractivity contribution is 7.18. The third kappa shape index (κ3) is 3.36. The number of likely N-dealkylation sites (tertiary alicyclic amines) is 1. The Balaban J connectivity index is 1.55. The number of likely N-dealkylation sites (N-methyl/N-ethyl adjacent to an activating group) is 1. The van der Waals surface area contributed by atoms with Gasteiger partial charge < -0.3 is 10.2 Å². The number of benzene rings is 1. The van der Waals surface area contributed by atoms with Crippen LogP contribution in [0.5, 0.6) is 0 Å². The molecule has 1 N–H and O–H groups in total. The van der Waals surface area contributed by atoms with Crippen molar-refractivity contribution in [2.45, 2.75) is 38.6 Å². The molecule has 4 aromatic rings. The number of halogens is 2. The molecule has 0 amide bonds. The third-order valence-electron chi connectivity index (χ3n) is 6.10. The van der Waals surface area contributed by atoms with Gasteiger partial charge in [-0.15, -0.1) is 22.7 Å². The predicted octanol–water partition coefficient (Wildman–Crippen LogP) is 6.52. The average molecular weight is 445 g/mol. The number of thiazole rings is 1. The van der Waals surface area contributed by atoms with Gasteiger partial charge in [0.05, 0.1) is 33.3 Å². The van der Waals surface area contributed by atoms with E-state index in [9.17, 15) is 8.78 Å². The zero-order valence-corrected chi connectivity index (χ0v) is 18.4. The first-order valence-corrected chi connectivity index (χ1v) is 11.9. The fraction of sp³-hybridized carbons (Fsp3) is 0.364. The first kappa shape index (κ1) is 19.8. The van der Waals surface area contributed by atoms with Crippen LogP contribution in [0.1, 0.15) is 37.5 Å². The molecule has 2 atom stereocenters. The Bertz CT molecular complexity index is 1220. The molecule has 8 heteroatoms. The SMILES string of the molecule is CCN1CCC[C@H](c2cc3c(Nc4cc5ncsc5cc4F)c(F)cnc3s2)[C@@H]1C. The minimum atomic E-state index is -0.489. The lowest BCUT2D eigenvalue weighted by molar-refractivity contribution is 0.148. The molecule has 0 unspecified atom stereocenters. The van der Waals surface area contributed by atoms with Crippen molar-refractivity contribution in [2.75, 3.05) is 18.4 Å². The molecule has 5 rings (SSSR count). The maximum Gasteiger partial charge on any atom is 0.165 e. The number of anilines is 2. The second-order valence-corrected chi connectivity index (χ2v) is 9.69. The molecule has 0 aliphatic carbocycles. The summed E-state index contributed by atoms with van der Waals surface area (Å²) in [6.45, 7) is 6.61. The molecule has 0 bridgehead atoms. The van der Waals surface area contributed by atoms with Crippen LogP contribution < -0.4 is 5.32 Å². The van der Waals surface area contributed by atoms with Crippen molar-refractivity contribution in [3.8, 4) is 0 Å². The quantitative estimate of drug-likeness (QED) is 0.389. The van der Waals surface area contributed by atoms with Gasteiger partial charge in [0.2, 0.25) is 0 Å². The topological polar surface area (TPSA) is 41.0 Å². The second-order valence-electron chi connectivity index (χ2n) is 7.74. The van der Waals surface area contributed by atoms with Gasteiger partial charge in [0, 0.05) is 22.2 Å². The van der Waals surface area contributed by atoms with Gasteiger partial charge in [0.15, 0.2) is 5.82 Å². The van der Waals surface area contributed by atoms with Crippen molar-refractivity contribution >= 4 is 54.5 Å². The van der Waals surface area contributed by atoms with E-state index in [2.05, 4.69) is 34.0 Å². The molecule has 4 nitrogen and oxygen atoms in total. The lowest BCUT2D eigenvalue weighted by Gasteiger charge is -2.38. The molecular formula is C22H22F2N4S2. The van der Waals surface area contributed by atoms with E-state index >= 15 is 0 Å². The summed E-state index contributed by atoms with van der Waals surface area (Å²) in [5.41, 5.74) is 2.86. The minimum absolute atomic E-state index is 0.218. The molecule has 1 aromatic carbocycles. The fourth-order valence-electron chi connectivity index (χ4n) is 4.44. The molecule has 1 fully saturated rings. The molecular weight excluding hydrogens is 422 g/mol. The second kappa shape index (κ2) is 7.83. The van der Waals surface area contributed by atoms with Gasteiger partial charge in [-0.05, 0) is 51.1 Å². The summed E-state index contributed by atoms with van der Waals surface area (Å²) in [4.78, 5) is 13.0. The average Bonchev–Trinajstić information content (AvgIpc) is 3.37. The van der Waals surface area contributed by atoms with E-state index in [0.29, 0.717) is 22.9 Å². The summed E-state index contributed by atoms with van der Waals surface area (Å²) < 4.78 is 30.2. The van der Waals surface area contributed by atoms with Gasteiger partial charge in [-0.1, -0.05) is 6.92 Å². The normalized spacial score (nSPS) is 20.3. The Kier molecular flexibility index (Phi) is 5.16. The Morgan fingerprint density at radius 3 is 2.90 bits per heavy atom. The summed E-state index contributed by atoms with van der Waals surface area (Å²) in [6.07, 6.45) is 3.49. The highest BCUT2D eigenvalue weighted by Crippen LogP contribution is 2.41. The molecule has 1 aliphatic rings. The number of aromatic nitrogens is 2. The number of rotatable bonds is 4. The first-order valence-electron chi connectivity index (χ1n) is 10.2. The summed E-state index contributed by atoms with van der Waals surface area (Å²) >= 11 is 2.99. The van der Waals surface area contributed by atoms with Crippen LogP contribution in [-0.4, -0.2) is 34.0 Å². The van der Waals surface area contributed by atoms with Crippen molar-refractivity contribution < 1.29 is 8.78 Å². The molecule has 156 valence electrons. The molecule has 30 heavy (non-hydrogen) atoms. The Hall–Kier alpha value is -2.16. The van der Waals surface area contributed by atoms with Crippen LogP contribution in [0.25, 0.3) is 20.4 Å². The van der Waals surface area contributed by atoms with E-state index in [-0.39, 0.29) is 11.4 Å². The molecule has 3 aromatic heterocycles. The number of nitrogens with zero attached hydrogens (tertiary/aromatic N) is 3. The van der Waals surface area contributed by atoms with E-state index in [1.54, 1.807) is 22.9 Å². The number of nitrogens with one attached hydrogen (secondary N) is 1. The summed E-state index contributed by atoms with van der Waals surface area (Å²) in [5, 5.41) is 3.69. The molecule has 1 aliphatic heterocycles. The van der Waals surface area contributed by atoms with E-state index in [0.717, 1.165) is 35.5 Å². The zero-order valence-electron chi connectivity index (χ0n) is 16.8. The smallest absolute Gasteiger partial charge is 0.165 e. The van der Waals surface area contributed by atoms with E-state index in [1.807, 2.05) is 6.07 Å². The zero-order chi connectivity index (χ0) is 20.8.